The van der Waals surface area contributed by atoms with Gasteiger partial charge in [0.2, 0.25) is 5.91 Å². The third-order valence-corrected chi connectivity index (χ3v) is 6.26. The Morgan fingerprint density at radius 3 is 2.37 bits per heavy atom. The fraction of sp³-hybridized carbons (Fsp3) is 0.435. The van der Waals surface area contributed by atoms with Crippen LogP contribution in [-0.2, 0) is 11.2 Å². The summed E-state index contributed by atoms with van der Waals surface area (Å²) in [5, 5.41) is 0. The van der Waals surface area contributed by atoms with Crippen LogP contribution in [0, 0.1) is 0 Å². The minimum atomic E-state index is 0.228. The Hall–Kier alpha value is -1.78. The summed E-state index contributed by atoms with van der Waals surface area (Å²) in [5.41, 5.74) is 1.30. The van der Waals surface area contributed by atoms with Gasteiger partial charge in [-0.3, -0.25) is 4.79 Å². The summed E-state index contributed by atoms with van der Waals surface area (Å²) in [5.74, 6) is 1.24. The predicted molar refractivity (Wildman–Crippen MR) is 114 cm³/mol. The average Bonchev–Trinajstić information content (AvgIpc) is 2.89. The van der Waals surface area contributed by atoms with Gasteiger partial charge in [0.25, 0.3) is 0 Å². The molecule has 2 aromatic rings. The molecule has 0 radical (unpaired) electrons. The van der Waals surface area contributed by atoms with Gasteiger partial charge in [0.1, 0.15) is 0 Å². The molecule has 27 heavy (non-hydrogen) atoms. The van der Waals surface area contributed by atoms with E-state index in [0.29, 0.717) is 12.3 Å². The normalized spacial score (nSPS) is 16.9. The van der Waals surface area contributed by atoms with E-state index in [1.54, 1.807) is 0 Å². The van der Waals surface area contributed by atoms with E-state index in [4.69, 9.17) is 0 Å². The molecule has 0 saturated carbocycles. The van der Waals surface area contributed by atoms with Crippen molar-refractivity contribution >= 4 is 17.7 Å². The van der Waals surface area contributed by atoms with Crippen molar-refractivity contribution in [1.82, 2.24) is 9.80 Å². The molecule has 4 heteroatoms. The Labute approximate surface area is 167 Å². The zero-order valence-electron chi connectivity index (χ0n) is 16.2. The lowest BCUT2D eigenvalue weighted by molar-refractivity contribution is -0.132. The minimum Gasteiger partial charge on any atom is -0.337 e. The zero-order chi connectivity index (χ0) is 18.9. The highest BCUT2D eigenvalue weighted by atomic mass is 32.2. The monoisotopic (exact) mass is 382 g/mol. The molecule has 1 aliphatic heterocycles. The van der Waals surface area contributed by atoms with Crippen molar-refractivity contribution in [1.29, 1.82) is 0 Å². The second-order valence-corrected chi connectivity index (χ2v) is 8.24. The molecule has 2 aromatic carbocycles. The van der Waals surface area contributed by atoms with Crippen molar-refractivity contribution in [2.45, 2.75) is 37.1 Å². The van der Waals surface area contributed by atoms with Gasteiger partial charge in [-0.15, -0.1) is 11.8 Å². The Kier molecular flexibility index (Phi) is 7.79. The fourth-order valence-corrected chi connectivity index (χ4v) is 4.70. The molecule has 0 unspecified atom stereocenters. The fourth-order valence-electron chi connectivity index (χ4n) is 3.66. The molecule has 1 amide bonds. The van der Waals surface area contributed by atoms with Crippen LogP contribution in [0.2, 0.25) is 0 Å². The van der Waals surface area contributed by atoms with Gasteiger partial charge < -0.3 is 9.80 Å². The molecule has 0 N–H and O–H groups in total. The second-order valence-electron chi connectivity index (χ2n) is 7.15. The zero-order valence-corrected chi connectivity index (χ0v) is 17.0. The molecule has 0 aromatic heterocycles. The Morgan fingerprint density at radius 2 is 1.67 bits per heavy atom. The maximum atomic E-state index is 12.9. The standard InChI is InChI=1S/C23H30N2OS/c1-2-14-24-15-13-23(26)25(17-16-24)21(18-20-9-5-3-6-10-20)19-27-22-11-7-4-8-12-22/h3-12,21H,2,13-19H2,1H3/t21-/m0/s1. The van der Waals surface area contributed by atoms with Gasteiger partial charge >= 0.3 is 0 Å². The van der Waals surface area contributed by atoms with Gasteiger partial charge in [-0.2, -0.15) is 0 Å². The number of hydrogen-bond donors (Lipinski definition) is 0. The van der Waals surface area contributed by atoms with Crippen LogP contribution in [0.1, 0.15) is 25.3 Å². The third-order valence-electron chi connectivity index (χ3n) is 5.10. The van der Waals surface area contributed by atoms with Crippen molar-refractivity contribution in [3.05, 3.63) is 66.2 Å². The Morgan fingerprint density at radius 1 is 0.963 bits per heavy atom. The first-order valence-electron chi connectivity index (χ1n) is 10.00. The lowest BCUT2D eigenvalue weighted by Gasteiger charge is -2.31. The third kappa shape index (κ3) is 6.12. The van der Waals surface area contributed by atoms with Crippen LogP contribution < -0.4 is 0 Å². The lowest BCUT2D eigenvalue weighted by Crippen LogP contribution is -2.44. The topological polar surface area (TPSA) is 23.6 Å². The van der Waals surface area contributed by atoms with E-state index < -0.39 is 0 Å². The predicted octanol–water partition coefficient (Wildman–Crippen LogP) is 4.33. The van der Waals surface area contributed by atoms with Crippen molar-refractivity contribution in [2.24, 2.45) is 0 Å². The van der Waals surface area contributed by atoms with E-state index in [1.165, 1.54) is 10.5 Å². The quantitative estimate of drug-likeness (QED) is 0.635. The van der Waals surface area contributed by atoms with Crippen LogP contribution in [0.25, 0.3) is 0 Å². The van der Waals surface area contributed by atoms with E-state index in [0.717, 1.165) is 44.8 Å². The van der Waals surface area contributed by atoms with Crippen LogP contribution in [0.4, 0.5) is 0 Å². The Balaban J connectivity index is 1.72. The van der Waals surface area contributed by atoms with Gasteiger partial charge in [-0.25, -0.2) is 0 Å². The minimum absolute atomic E-state index is 0.228. The second kappa shape index (κ2) is 10.5. The molecule has 0 bridgehead atoms. The summed E-state index contributed by atoms with van der Waals surface area (Å²) in [4.78, 5) is 18.7. The molecule has 1 heterocycles. The first kappa shape index (κ1) is 20.0. The number of rotatable bonds is 8. The molecule has 0 spiro atoms. The van der Waals surface area contributed by atoms with Crippen molar-refractivity contribution in [3.8, 4) is 0 Å². The molecule has 1 fully saturated rings. The average molecular weight is 383 g/mol. The van der Waals surface area contributed by atoms with Gasteiger partial charge in [0.05, 0.1) is 0 Å². The smallest absolute Gasteiger partial charge is 0.224 e. The molecular weight excluding hydrogens is 352 g/mol. The molecule has 3 rings (SSSR count). The summed E-state index contributed by atoms with van der Waals surface area (Å²) in [6.45, 7) is 6.02. The number of benzene rings is 2. The number of carbonyl (C=O) groups excluding carboxylic acids is 1. The summed E-state index contributed by atoms with van der Waals surface area (Å²) < 4.78 is 0. The Bertz CT molecular complexity index is 692. The maximum absolute atomic E-state index is 12.9. The number of amides is 1. The molecular formula is C23H30N2OS. The first-order valence-corrected chi connectivity index (χ1v) is 11.0. The highest BCUT2D eigenvalue weighted by Crippen LogP contribution is 2.23. The van der Waals surface area contributed by atoms with E-state index in [9.17, 15) is 4.79 Å². The van der Waals surface area contributed by atoms with E-state index in [2.05, 4.69) is 71.3 Å². The van der Waals surface area contributed by atoms with Gasteiger partial charge in [0.15, 0.2) is 0 Å². The maximum Gasteiger partial charge on any atom is 0.224 e. The number of carbonyl (C=O) groups is 1. The lowest BCUT2D eigenvalue weighted by atomic mass is 10.1. The largest absolute Gasteiger partial charge is 0.337 e. The van der Waals surface area contributed by atoms with E-state index in [-0.39, 0.29) is 6.04 Å². The van der Waals surface area contributed by atoms with Gasteiger partial charge in [0, 0.05) is 42.7 Å². The van der Waals surface area contributed by atoms with Crippen molar-refractivity contribution in [3.63, 3.8) is 0 Å². The highest BCUT2D eigenvalue weighted by molar-refractivity contribution is 7.99. The number of thioether (sulfide) groups is 1. The highest BCUT2D eigenvalue weighted by Gasteiger charge is 2.27. The molecule has 1 saturated heterocycles. The van der Waals surface area contributed by atoms with Crippen LogP contribution in [0.5, 0.6) is 0 Å². The van der Waals surface area contributed by atoms with Crippen molar-refractivity contribution in [2.75, 3.05) is 31.9 Å². The molecule has 1 aliphatic rings. The summed E-state index contributed by atoms with van der Waals surface area (Å²) in [6.07, 6.45) is 2.70. The van der Waals surface area contributed by atoms with Gasteiger partial charge in [-0.1, -0.05) is 55.5 Å². The molecule has 0 aliphatic carbocycles. The van der Waals surface area contributed by atoms with Gasteiger partial charge in [-0.05, 0) is 37.1 Å². The van der Waals surface area contributed by atoms with Crippen LogP contribution >= 0.6 is 11.8 Å². The number of nitrogens with zero attached hydrogens (tertiary/aromatic N) is 2. The molecule has 1 atom stereocenters. The van der Waals surface area contributed by atoms with Crippen molar-refractivity contribution < 1.29 is 4.79 Å². The summed E-state index contributed by atoms with van der Waals surface area (Å²) >= 11 is 1.85. The number of hydrogen-bond acceptors (Lipinski definition) is 3. The molecule has 3 nitrogen and oxygen atoms in total. The molecule has 144 valence electrons. The van der Waals surface area contributed by atoms with E-state index in [1.807, 2.05) is 17.8 Å². The van der Waals surface area contributed by atoms with Crippen LogP contribution in [0.15, 0.2) is 65.6 Å². The summed E-state index contributed by atoms with van der Waals surface area (Å²) in [7, 11) is 0. The van der Waals surface area contributed by atoms with Crippen LogP contribution in [0.3, 0.4) is 0 Å². The van der Waals surface area contributed by atoms with E-state index >= 15 is 0 Å². The SMILES string of the molecule is CCCN1CCC(=O)N([C@H](CSc2ccccc2)Cc2ccccc2)CC1. The summed E-state index contributed by atoms with van der Waals surface area (Å²) in [6, 6.07) is 21.3. The van der Waals surface area contributed by atoms with Crippen LogP contribution in [-0.4, -0.2) is 53.7 Å². The first-order chi connectivity index (χ1) is 13.3.